The summed E-state index contributed by atoms with van der Waals surface area (Å²) in [4.78, 5) is 13.5. The van der Waals surface area contributed by atoms with Crippen molar-refractivity contribution in [2.75, 3.05) is 0 Å². The smallest absolute Gasteiger partial charge is 0.258 e. The number of hydrogen-bond acceptors (Lipinski definition) is 3. The highest BCUT2D eigenvalue weighted by atomic mass is 32.1. The van der Waals surface area contributed by atoms with Crippen molar-refractivity contribution in [2.24, 2.45) is 0 Å². The van der Waals surface area contributed by atoms with Gasteiger partial charge in [0.05, 0.1) is 6.04 Å². The van der Waals surface area contributed by atoms with E-state index in [0.717, 1.165) is 24.8 Å². The third kappa shape index (κ3) is 2.29. The minimum atomic E-state index is -0.705. The zero-order chi connectivity index (χ0) is 14.1. The lowest BCUT2D eigenvalue weighted by Gasteiger charge is -2.24. The molecule has 1 aliphatic rings. The van der Waals surface area contributed by atoms with Gasteiger partial charge in [0.25, 0.3) is 5.91 Å². The summed E-state index contributed by atoms with van der Waals surface area (Å²) >= 11 is 1.68. The first-order valence-corrected chi connectivity index (χ1v) is 7.39. The molecule has 2 N–H and O–H groups in total. The van der Waals surface area contributed by atoms with Crippen molar-refractivity contribution < 1.29 is 14.3 Å². The number of carbonyl (C=O) groups excluding carboxylic acids is 1. The monoisotopic (exact) mass is 291 g/mol. The summed E-state index contributed by atoms with van der Waals surface area (Å²) in [7, 11) is 0. The van der Waals surface area contributed by atoms with E-state index in [9.17, 15) is 14.3 Å². The first kappa shape index (κ1) is 13.1. The second kappa shape index (κ2) is 5.25. The molecule has 0 aliphatic heterocycles. The third-order valence-electron chi connectivity index (χ3n) is 3.58. The zero-order valence-electron chi connectivity index (χ0n) is 10.7. The molecular formula is C15H14FNO2S. The van der Waals surface area contributed by atoms with Crippen LogP contribution in [0, 0.1) is 5.82 Å². The average molecular weight is 291 g/mol. The Labute approximate surface area is 120 Å². The fourth-order valence-electron chi connectivity index (χ4n) is 2.60. The van der Waals surface area contributed by atoms with E-state index in [4.69, 9.17) is 0 Å². The van der Waals surface area contributed by atoms with Gasteiger partial charge in [0.15, 0.2) is 0 Å². The minimum absolute atomic E-state index is 0.100. The Hall–Kier alpha value is -1.88. The molecule has 1 aliphatic carbocycles. The number of carbonyl (C=O) groups is 1. The molecule has 0 bridgehead atoms. The molecule has 20 heavy (non-hydrogen) atoms. The average Bonchev–Trinajstić information content (AvgIpc) is 2.88. The Bertz CT molecular complexity index is 633. The van der Waals surface area contributed by atoms with Crippen LogP contribution in [0.3, 0.4) is 0 Å². The van der Waals surface area contributed by atoms with Gasteiger partial charge >= 0.3 is 0 Å². The fraction of sp³-hybridized carbons (Fsp3) is 0.267. The van der Waals surface area contributed by atoms with Crippen molar-refractivity contribution in [1.82, 2.24) is 5.32 Å². The molecule has 0 saturated carbocycles. The van der Waals surface area contributed by atoms with Crippen molar-refractivity contribution in [3.63, 3.8) is 0 Å². The van der Waals surface area contributed by atoms with E-state index < -0.39 is 11.7 Å². The van der Waals surface area contributed by atoms with Crippen molar-refractivity contribution in [3.05, 3.63) is 51.5 Å². The number of benzene rings is 1. The molecule has 3 nitrogen and oxygen atoms in total. The first-order chi connectivity index (χ1) is 9.66. The molecule has 1 amide bonds. The number of amides is 1. The first-order valence-electron chi connectivity index (χ1n) is 6.51. The van der Waals surface area contributed by atoms with Crippen LogP contribution in [0.15, 0.2) is 29.6 Å². The molecule has 1 heterocycles. The number of phenolic OH excluding ortho intramolecular Hbond substituents is 1. The van der Waals surface area contributed by atoms with Gasteiger partial charge in [0.2, 0.25) is 0 Å². The highest BCUT2D eigenvalue weighted by Crippen LogP contribution is 2.33. The second-order valence-corrected chi connectivity index (χ2v) is 5.85. The van der Waals surface area contributed by atoms with Crippen LogP contribution in [0.1, 0.15) is 39.7 Å². The van der Waals surface area contributed by atoms with Crippen LogP contribution in [-0.2, 0) is 6.42 Å². The van der Waals surface area contributed by atoms with Gasteiger partial charge in [-0.2, -0.15) is 0 Å². The number of aromatic hydroxyl groups is 1. The van der Waals surface area contributed by atoms with Crippen LogP contribution in [-0.4, -0.2) is 11.0 Å². The van der Waals surface area contributed by atoms with Gasteiger partial charge in [-0.1, -0.05) is 6.07 Å². The van der Waals surface area contributed by atoms with E-state index in [1.54, 1.807) is 11.3 Å². The number of fused-ring (bicyclic) bond motifs is 1. The SMILES string of the molecule is O=C(NC1CCCc2sccc21)c1c(O)cccc1F. The molecule has 5 heteroatoms. The summed E-state index contributed by atoms with van der Waals surface area (Å²) in [5.41, 5.74) is 0.834. The van der Waals surface area contributed by atoms with E-state index in [-0.39, 0.29) is 17.4 Å². The molecule has 0 spiro atoms. The molecule has 2 aromatic rings. The van der Waals surface area contributed by atoms with Crippen molar-refractivity contribution in [3.8, 4) is 5.75 Å². The Morgan fingerprint density at radius 1 is 1.40 bits per heavy atom. The van der Waals surface area contributed by atoms with Gasteiger partial charge in [-0.15, -0.1) is 11.3 Å². The lowest BCUT2D eigenvalue weighted by molar-refractivity contribution is 0.0926. The zero-order valence-corrected chi connectivity index (χ0v) is 11.5. The number of halogens is 1. The summed E-state index contributed by atoms with van der Waals surface area (Å²) in [5.74, 6) is -1.60. The molecule has 1 unspecified atom stereocenters. The molecule has 1 atom stereocenters. The summed E-state index contributed by atoms with van der Waals surface area (Å²) in [6, 6.07) is 5.77. The van der Waals surface area contributed by atoms with Gasteiger partial charge in [-0.25, -0.2) is 4.39 Å². The van der Waals surface area contributed by atoms with E-state index >= 15 is 0 Å². The lowest BCUT2D eigenvalue weighted by Crippen LogP contribution is -2.31. The third-order valence-corrected chi connectivity index (χ3v) is 4.57. The van der Waals surface area contributed by atoms with Crippen LogP contribution < -0.4 is 5.32 Å². The molecule has 1 aromatic heterocycles. The Kier molecular flexibility index (Phi) is 3.44. The standard InChI is InChI=1S/C15H14FNO2S/c16-10-3-1-5-12(18)14(10)15(19)17-11-4-2-6-13-9(11)7-8-20-13/h1,3,5,7-8,11,18H,2,4,6H2,(H,17,19). The number of nitrogens with one attached hydrogen (secondary N) is 1. The quantitative estimate of drug-likeness (QED) is 0.891. The number of aryl methyl sites for hydroxylation is 1. The van der Waals surface area contributed by atoms with Crippen molar-refractivity contribution in [1.29, 1.82) is 0 Å². The van der Waals surface area contributed by atoms with Crippen LogP contribution in [0.5, 0.6) is 5.75 Å². The topological polar surface area (TPSA) is 49.3 Å². The molecule has 0 saturated heterocycles. The molecule has 3 rings (SSSR count). The van der Waals surface area contributed by atoms with Crippen LogP contribution in [0.25, 0.3) is 0 Å². The highest BCUT2D eigenvalue weighted by Gasteiger charge is 2.25. The van der Waals surface area contributed by atoms with E-state index in [0.29, 0.717) is 0 Å². The predicted octanol–water partition coefficient (Wildman–Crippen LogP) is 3.40. The maximum Gasteiger partial charge on any atom is 0.258 e. The largest absolute Gasteiger partial charge is 0.507 e. The maximum absolute atomic E-state index is 13.7. The van der Waals surface area contributed by atoms with Gasteiger partial charge in [-0.3, -0.25) is 4.79 Å². The Morgan fingerprint density at radius 2 is 2.25 bits per heavy atom. The van der Waals surface area contributed by atoms with Crippen molar-refractivity contribution >= 4 is 17.2 Å². The van der Waals surface area contributed by atoms with Crippen LogP contribution >= 0.6 is 11.3 Å². The molecular weight excluding hydrogens is 277 g/mol. The lowest BCUT2D eigenvalue weighted by atomic mass is 9.94. The number of rotatable bonds is 2. The van der Waals surface area contributed by atoms with Gasteiger partial charge in [0, 0.05) is 4.88 Å². The fourth-order valence-corrected chi connectivity index (χ4v) is 3.59. The highest BCUT2D eigenvalue weighted by molar-refractivity contribution is 7.10. The van der Waals surface area contributed by atoms with Gasteiger partial charge in [0.1, 0.15) is 17.1 Å². The molecule has 0 fully saturated rings. The maximum atomic E-state index is 13.7. The number of phenols is 1. The molecule has 1 aromatic carbocycles. The summed E-state index contributed by atoms with van der Waals surface area (Å²) in [6.07, 6.45) is 2.87. The van der Waals surface area contributed by atoms with Crippen LogP contribution in [0.4, 0.5) is 4.39 Å². The normalized spacial score (nSPS) is 17.6. The minimum Gasteiger partial charge on any atom is -0.507 e. The summed E-state index contributed by atoms with van der Waals surface area (Å²) < 4.78 is 13.7. The second-order valence-electron chi connectivity index (χ2n) is 4.85. The van der Waals surface area contributed by atoms with Gasteiger partial charge in [-0.05, 0) is 48.4 Å². The molecule has 104 valence electrons. The number of hydrogen-bond donors (Lipinski definition) is 2. The van der Waals surface area contributed by atoms with Crippen molar-refractivity contribution in [2.45, 2.75) is 25.3 Å². The Morgan fingerprint density at radius 3 is 3.05 bits per heavy atom. The van der Waals surface area contributed by atoms with E-state index in [2.05, 4.69) is 5.32 Å². The molecule has 0 radical (unpaired) electrons. The number of thiophene rings is 1. The summed E-state index contributed by atoms with van der Waals surface area (Å²) in [6.45, 7) is 0. The summed E-state index contributed by atoms with van der Waals surface area (Å²) in [5, 5.41) is 14.5. The van der Waals surface area contributed by atoms with Crippen LogP contribution in [0.2, 0.25) is 0 Å². The van der Waals surface area contributed by atoms with Gasteiger partial charge < -0.3 is 10.4 Å². The van der Waals surface area contributed by atoms with E-state index in [1.165, 1.54) is 23.1 Å². The predicted molar refractivity (Wildman–Crippen MR) is 75.5 cm³/mol. The van der Waals surface area contributed by atoms with E-state index in [1.807, 2.05) is 11.4 Å². The Balaban J connectivity index is 1.85.